The second-order valence-electron chi connectivity index (χ2n) is 4.18. The molecule has 0 radical (unpaired) electrons. The van der Waals surface area contributed by atoms with Gasteiger partial charge in [-0.2, -0.15) is 0 Å². The average Bonchev–Trinajstić information content (AvgIpc) is 2.20. The summed E-state index contributed by atoms with van der Waals surface area (Å²) in [7, 11) is 2.26. The van der Waals surface area contributed by atoms with Crippen LogP contribution in [0.2, 0.25) is 0 Å². The first-order chi connectivity index (χ1) is 4.77. The van der Waals surface area contributed by atoms with Gasteiger partial charge in [0.05, 0.1) is 0 Å². The van der Waals surface area contributed by atoms with Crippen molar-refractivity contribution in [1.82, 2.24) is 4.90 Å². The van der Waals surface area contributed by atoms with Crippen LogP contribution < -0.4 is 0 Å². The molecule has 1 saturated carbocycles. The molecule has 0 spiro atoms. The van der Waals surface area contributed by atoms with Crippen LogP contribution in [0, 0.1) is 17.8 Å². The smallest absolute Gasteiger partial charge is 0.000938 e. The molecule has 2 aliphatic rings. The fourth-order valence-electron chi connectivity index (χ4n) is 2.73. The molecule has 0 amide bonds. The largest absolute Gasteiger partial charge is 0.306 e. The summed E-state index contributed by atoms with van der Waals surface area (Å²) in [6, 6.07) is 0. The molecule has 3 atom stereocenters. The van der Waals surface area contributed by atoms with Crippen LogP contribution in [-0.2, 0) is 0 Å². The Morgan fingerprint density at radius 2 is 1.60 bits per heavy atom. The first kappa shape index (κ1) is 6.66. The van der Waals surface area contributed by atoms with E-state index in [0.29, 0.717) is 0 Å². The molecule has 1 saturated heterocycles. The first-order valence-electron chi connectivity index (χ1n) is 4.46. The molecular formula is C9H17N. The molecule has 1 heterocycles. The van der Waals surface area contributed by atoms with E-state index in [2.05, 4.69) is 18.9 Å². The minimum atomic E-state index is 1.02. The van der Waals surface area contributed by atoms with Crippen LogP contribution >= 0.6 is 0 Å². The highest BCUT2D eigenvalue weighted by Crippen LogP contribution is 2.40. The zero-order chi connectivity index (χ0) is 7.14. The highest BCUT2D eigenvalue weighted by Gasteiger charge is 2.37. The lowest BCUT2D eigenvalue weighted by molar-refractivity contribution is 0.144. The summed E-state index contributed by atoms with van der Waals surface area (Å²) >= 11 is 0. The Kier molecular flexibility index (Phi) is 1.48. The summed E-state index contributed by atoms with van der Waals surface area (Å²) in [6.45, 7) is 5.16. The highest BCUT2D eigenvalue weighted by atomic mass is 15.1. The molecule has 58 valence electrons. The van der Waals surface area contributed by atoms with E-state index in [-0.39, 0.29) is 0 Å². The van der Waals surface area contributed by atoms with Gasteiger partial charge in [0.15, 0.2) is 0 Å². The van der Waals surface area contributed by atoms with E-state index in [1.807, 2.05) is 0 Å². The van der Waals surface area contributed by atoms with Crippen LogP contribution in [0.1, 0.15) is 19.8 Å². The van der Waals surface area contributed by atoms with Crippen LogP contribution in [0.3, 0.4) is 0 Å². The number of rotatable bonds is 0. The number of piperidine rings is 1. The second-order valence-corrected chi connectivity index (χ2v) is 4.18. The van der Waals surface area contributed by atoms with Gasteiger partial charge in [-0.05, 0) is 37.6 Å². The lowest BCUT2D eigenvalue weighted by Crippen LogP contribution is -2.38. The molecule has 1 nitrogen and oxygen atoms in total. The van der Waals surface area contributed by atoms with Gasteiger partial charge < -0.3 is 4.90 Å². The molecule has 2 bridgehead atoms. The molecule has 0 aromatic carbocycles. The molecule has 1 aliphatic carbocycles. The van der Waals surface area contributed by atoms with E-state index in [9.17, 15) is 0 Å². The molecule has 1 aliphatic heterocycles. The molecular weight excluding hydrogens is 122 g/mol. The summed E-state index contributed by atoms with van der Waals surface area (Å²) in [4.78, 5) is 2.50. The molecule has 2 rings (SSSR count). The fraction of sp³-hybridized carbons (Fsp3) is 1.00. The van der Waals surface area contributed by atoms with Crippen molar-refractivity contribution >= 4 is 0 Å². The van der Waals surface area contributed by atoms with Crippen molar-refractivity contribution in [2.75, 3.05) is 20.1 Å². The SMILES string of the molecule is C[C@@H]1[C@@H]2CC[C@H]1CN(C)C2. The van der Waals surface area contributed by atoms with Crippen LogP contribution in [-0.4, -0.2) is 25.0 Å². The molecule has 10 heavy (non-hydrogen) atoms. The third kappa shape index (κ3) is 0.878. The van der Waals surface area contributed by atoms with Gasteiger partial charge >= 0.3 is 0 Å². The van der Waals surface area contributed by atoms with Gasteiger partial charge in [0.1, 0.15) is 0 Å². The summed E-state index contributed by atoms with van der Waals surface area (Å²) in [5.74, 6) is 3.09. The van der Waals surface area contributed by atoms with Gasteiger partial charge in [-0.3, -0.25) is 0 Å². The second kappa shape index (κ2) is 2.23. The summed E-state index contributed by atoms with van der Waals surface area (Å²) < 4.78 is 0. The van der Waals surface area contributed by atoms with Crippen molar-refractivity contribution < 1.29 is 0 Å². The standard InChI is InChI=1S/C9H17N/c1-7-8-3-4-9(7)6-10(2)5-8/h7-9H,3-6H2,1-2H3/t7-,8-,9+. The summed E-state index contributed by atoms with van der Waals surface area (Å²) in [6.07, 6.45) is 2.99. The van der Waals surface area contributed by atoms with Crippen LogP contribution in [0.25, 0.3) is 0 Å². The monoisotopic (exact) mass is 139 g/mol. The van der Waals surface area contributed by atoms with Crippen molar-refractivity contribution in [3.8, 4) is 0 Å². The number of hydrogen-bond donors (Lipinski definition) is 0. The Balaban J connectivity index is 2.09. The lowest BCUT2D eigenvalue weighted by Gasteiger charge is -2.33. The minimum absolute atomic E-state index is 1.02. The zero-order valence-electron chi connectivity index (χ0n) is 7.01. The van der Waals surface area contributed by atoms with Crippen molar-refractivity contribution in [1.29, 1.82) is 0 Å². The topological polar surface area (TPSA) is 3.24 Å². The molecule has 0 unspecified atom stereocenters. The van der Waals surface area contributed by atoms with Gasteiger partial charge in [-0.1, -0.05) is 6.92 Å². The normalized spacial score (nSPS) is 48.0. The van der Waals surface area contributed by atoms with Crippen molar-refractivity contribution in [3.05, 3.63) is 0 Å². The number of nitrogens with zero attached hydrogens (tertiary/aromatic N) is 1. The fourth-order valence-corrected chi connectivity index (χ4v) is 2.73. The van der Waals surface area contributed by atoms with E-state index in [0.717, 1.165) is 17.8 Å². The van der Waals surface area contributed by atoms with Crippen molar-refractivity contribution in [2.45, 2.75) is 19.8 Å². The van der Waals surface area contributed by atoms with Crippen LogP contribution in [0.4, 0.5) is 0 Å². The third-order valence-corrected chi connectivity index (χ3v) is 3.49. The maximum Gasteiger partial charge on any atom is 0.000938 e. The maximum absolute atomic E-state index is 2.50. The predicted molar refractivity (Wildman–Crippen MR) is 42.9 cm³/mol. The van der Waals surface area contributed by atoms with E-state index in [1.165, 1.54) is 25.9 Å². The quantitative estimate of drug-likeness (QED) is 0.492. The zero-order valence-corrected chi connectivity index (χ0v) is 7.01. The summed E-state index contributed by atoms with van der Waals surface area (Å²) in [5.41, 5.74) is 0. The van der Waals surface area contributed by atoms with Crippen LogP contribution in [0.5, 0.6) is 0 Å². The van der Waals surface area contributed by atoms with Gasteiger partial charge in [0.2, 0.25) is 0 Å². The summed E-state index contributed by atoms with van der Waals surface area (Å²) in [5, 5.41) is 0. The van der Waals surface area contributed by atoms with E-state index < -0.39 is 0 Å². The highest BCUT2D eigenvalue weighted by molar-refractivity contribution is 4.89. The Morgan fingerprint density at radius 1 is 1.10 bits per heavy atom. The van der Waals surface area contributed by atoms with Crippen molar-refractivity contribution in [3.63, 3.8) is 0 Å². The van der Waals surface area contributed by atoms with E-state index in [4.69, 9.17) is 0 Å². The maximum atomic E-state index is 2.50. The molecule has 0 N–H and O–H groups in total. The number of hydrogen-bond acceptors (Lipinski definition) is 1. The van der Waals surface area contributed by atoms with E-state index >= 15 is 0 Å². The first-order valence-corrected chi connectivity index (χ1v) is 4.46. The van der Waals surface area contributed by atoms with Gasteiger partial charge in [-0.25, -0.2) is 0 Å². The Labute approximate surface area is 63.4 Å². The average molecular weight is 139 g/mol. The Hall–Kier alpha value is -0.0400. The van der Waals surface area contributed by atoms with Crippen molar-refractivity contribution in [2.24, 2.45) is 17.8 Å². The molecule has 1 heteroatoms. The van der Waals surface area contributed by atoms with Gasteiger partial charge in [0.25, 0.3) is 0 Å². The number of likely N-dealkylation sites (tertiary alicyclic amines) is 1. The molecule has 2 fully saturated rings. The minimum Gasteiger partial charge on any atom is -0.306 e. The Bertz CT molecular complexity index is 119. The lowest BCUT2D eigenvalue weighted by atomic mass is 9.87. The van der Waals surface area contributed by atoms with Gasteiger partial charge in [-0.15, -0.1) is 0 Å². The van der Waals surface area contributed by atoms with Crippen LogP contribution in [0.15, 0.2) is 0 Å². The van der Waals surface area contributed by atoms with Gasteiger partial charge in [0, 0.05) is 13.1 Å². The molecule has 0 aromatic heterocycles. The predicted octanol–water partition coefficient (Wildman–Crippen LogP) is 1.59. The molecule has 0 aromatic rings. The third-order valence-electron chi connectivity index (χ3n) is 3.49. The Morgan fingerprint density at radius 3 is 2.10 bits per heavy atom. The number of fused-ring (bicyclic) bond motifs is 2. The van der Waals surface area contributed by atoms with E-state index in [1.54, 1.807) is 0 Å².